The van der Waals surface area contributed by atoms with E-state index in [4.69, 9.17) is 0 Å². The van der Waals surface area contributed by atoms with Crippen LogP contribution in [0, 0.1) is 18.8 Å². The summed E-state index contributed by atoms with van der Waals surface area (Å²) in [6.07, 6.45) is 15.4. The Kier molecular flexibility index (Phi) is 7.52. The topological polar surface area (TPSA) is 0 Å². The van der Waals surface area contributed by atoms with Gasteiger partial charge in [0.15, 0.2) is 0 Å². The first kappa shape index (κ1) is 21.0. The molecule has 0 saturated heterocycles. The quantitative estimate of drug-likeness (QED) is 0.290. The van der Waals surface area contributed by atoms with Crippen LogP contribution in [0.1, 0.15) is 107 Å². The Morgan fingerprint density at radius 1 is 1.07 bits per heavy atom. The molecular weight excluding hydrogens is 323 g/mol. The summed E-state index contributed by atoms with van der Waals surface area (Å²) in [7, 11) is 0. The molecule has 0 aromatic heterocycles. The Bertz CT molecular complexity index is 604. The summed E-state index contributed by atoms with van der Waals surface area (Å²) < 4.78 is 0. The van der Waals surface area contributed by atoms with Gasteiger partial charge in [-0.15, -0.1) is 0 Å². The maximum absolute atomic E-state index is 2.52. The summed E-state index contributed by atoms with van der Waals surface area (Å²) in [5.74, 6) is 3.69. The largest absolute Gasteiger partial charge is 0.147 e. The molecule has 0 N–H and O–H groups in total. The molecule has 4 atom stereocenters. The van der Waals surface area contributed by atoms with E-state index >= 15 is 0 Å². The van der Waals surface area contributed by atoms with Crippen LogP contribution in [0.25, 0.3) is 0 Å². The van der Waals surface area contributed by atoms with Crippen molar-refractivity contribution in [2.75, 3.05) is 0 Å². The monoisotopic (exact) mass is 366 g/mol. The molecule has 4 unspecified atom stereocenters. The molecule has 1 aromatic rings. The van der Waals surface area contributed by atoms with Crippen molar-refractivity contribution < 1.29 is 0 Å². The third-order valence-electron chi connectivity index (χ3n) is 8.23. The first-order valence-corrected chi connectivity index (χ1v) is 12.2. The standard InChI is InChI=1S/C26H43B/c1-6-9-10-11-12-21(8-3)24-17-25(24)23-14-13-22-15-16-27(19(4)7-2)18-26(22)20(23)5/h13-14,19,21,24-25H,6-12,15-18H2,1-5H3. The van der Waals surface area contributed by atoms with Crippen LogP contribution in [0.3, 0.4) is 0 Å². The fourth-order valence-corrected chi connectivity index (χ4v) is 5.92. The van der Waals surface area contributed by atoms with Crippen molar-refractivity contribution in [3.05, 3.63) is 34.4 Å². The van der Waals surface area contributed by atoms with Gasteiger partial charge in [-0.25, -0.2) is 0 Å². The highest BCUT2D eigenvalue weighted by Crippen LogP contribution is 2.55. The first-order chi connectivity index (χ1) is 13.1. The molecule has 3 rings (SSSR count). The number of aryl methyl sites for hydroxylation is 1. The molecule has 1 aromatic carbocycles. The van der Waals surface area contributed by atoms with Gasteiger partial charge in [0.05, 0.1) is 0 Å². The summed E-state index contributed by atoms with van der Waals surface area (Å²) in [6, 6.07) is 5.02. The summed E-state index contributed by atoms with van der Waals surface area (Å²) in [4.78, 5) is 0. The third kappa shape index (κ3) is 4.83. The van der Waals surface area contributed by atoms with Gasteiger partial charge >= 0.3 is 0 Å². The minimum absolute atomic E-state index is 0.871. The molecule has 1 aliphatic carbocycles. The van der Waals surface area contributed by atoms with Crippen LogP contribution >= 0.6 is 0 Å². The second kappa shape index (κ2) is 9.66. The van der Waals surface area contributed by atoms with Crippen molar-refractivity contribution in [2.45, 2.75) is 117 Å². The van der Waals surface area contributed by atoms with Gasteiger partial charge in [-0.2, -0.15) is 0 Å². The normalized spacial score (nSPS) is 23.8. The van der Waals surface area contributed by atoms with Crippen molar-refractivity contribution in [3.63, 3.8) is 0 Å². The number of unbranched alkanes of at least 4 members (excludes halogenated alkanes) is 3. The number of fused-ring (bicyclic) bond motifs is 1. The molecule has 0 nitrogen and oxygen atoms in total. The van der Waals surface area contributed by atoms with Gasteiger partial charge in [0, 0.05) is 0 Å². The number of hydrogen-bond acceptors (Lipinski definition) is 0. The van der Waals surface area contributed by atoms with Crippen LogP contribution in [-0.2, 0) is 12.7 Å². The van der Waals surface area contributed by atoms with E-state index in [1.807, 2.05) is 0 Å². The summed E-state index contributed by atoms with van der Waals surface area (Å²) in [5.41, 5.74) is 6.80. The number of hydrogen-bond donors (Lipinski definition) is 0. The molecule has 1 heteroatoms. The van der Waals surface area contributed by atoms with Crippen molar-refractivity contribution in [2.24, 2.45) is 11.8 Å². The second-order valence-electron chi connectivity index (χ2n) is 9.83. The minimum atomic E-state index is 0.871. The maximum atomic E-state index is 2.52. The van der Waals surface area contributed by atoms with E-state index in [9.17, 15) is 0 Å². The summed E-state index contributed by atoms with van der Waals surface area (Å²) in [6.45, 7) is 12.9. The van der Waals surface area contributed by atoms with Crippen LogP contribution < -0.4 is 0 Å². The smallest absolute Gasteiger partial charge is 0.0696 e. The van der Waals surface area contributed by atoms with Gasteiger partial charge < -0.3 is 0 Å². The molecule has 1 aliphatic heterocycles. The average molecular weight is 366 g/mol. The number of benzene rings is 1. The molecule has 0 amide bonds. The average Bonchev–Trinajstić information content (AvgIpc) is 3.48. The number of rotatable bonds is 10. The Morgan fingerprint density at radius 3 is 2.59 bits per heavy atom. The third-order valence-corrected chi connectivity index (χ3v) is 8.23. The minimum Gasteiger partial charge on any atom is -0.0696 e. The van der Waals surface area contributed by atoms with E-state index in [1.54, 1.807) is 22.3 Å². The zero-order valence-corrected chi connectivity index (χ0v) is 18.8. The van der Waals surface area contributed by atoms with Crippen LogP contribution in [0.2, 0.25) is 12.1 Å². The van der Waals surface area contributed by atoms with Crippen molar-refractivity contribution in [1.82, 2.24) is 0 Å². The van der Waals surface area contributed by atoms with Gasteiger partial charge in [0.25, 0.3) is 0 Å². The lowest BCUT2D eigenvalue weighted by Crippen LogP contribution is -2.28. The van der Waals surface area contributed by atoms with Crippen LogP contribution in [0.15, 0.2) is 12.1 Å². The lowest BCUT2D eigenvalue weighted by atomic mass is 9.34. The molecule has 0 radical (unpaired) electrons. The molecule has 1 heterocycles. The van der Waals surface area contributed by atoms with E-state index in [0.29, 0.717) is 0 Å². The van der Waals surface area contributed by atoms with Gasteiger partial charge in [0.1, 0.15) is 6.71 Å². The van der Waals surface area contributed by atoms with Crippen LogP contribution in [0.4, 0.5) is 0 Å². The SMILES string of the molecule is CCCCCCC(CC)C1CC1c1ccc2c(c1C)CB(C(C)CC)CC2. The predicted molar refractivity (Wildman–Crippen MR) is 122 cm³/mol. The molecule has 2 aliphatic rings. The fourth-order valence-electron chi connectivity index (χ4n) is 5.92. The maximum Gasteiger partial charge on any atom is 0.147 e. The molecular formula is C26H43B. The zero-order valence-electron chi connectivity index (χ0n) is 18.8. The predicted octanol–water partition coefficient (Wildman–Crippen LogP) is 8.03. The van der Waals surface area contributed by atoms with Gasteiger partial charge in [0.2, 0.25) is 0 Å². The highest BCUT2D eigenvalue weighted by Gasteiger charge is 2.43. The van der Waals surface area contributed by atoms with Crippen LogP contribution in [0.5, 0.6) is 0 Å². The Morgan fingerprint density at radius 2 is 1.89 bits per heavy atom. The van der Waals surface area contributed by atoms with Crippen molar-refractivity contribution in [3.8, 4) is 0 Å². The second-order valence-corrected chi connectivity index (χ2v) is 9.83. The lowest BCUT2D eigenvalue weighted by molar-refractivity contribution is 0.388. The van der Waals surface area contributed by atoms with E-state index in [-0.39, 0.29) is 0 Å². The molecule has 150 valence electrons. The van der Waals surface area contributed by atoms with Crippen molar-refractivity contribution >= 4 is 6.71 Å². The Labute approximate surface area is 170 Å². The highest BCUT2D eigenvalue weighted by molar-refractivity contribution is 6.60. The molecule has 0 spiro atoms. The van der Waals surface area contributed by atoms with E-state index in [1.165, 1.54) is 70.4 Å². The van der Waals surface area contributed by atoms with Gasteiger partial charge in [-0.05, 0) is 66.1 Å². The van der Waals surface area contributed by atoms with E-state index < -0.39 is 0 Å². The van der Waals surface area contributed by atoms with Crippen molar-refractivity contribution in [1.29, 1.82) is 0 Å². The fraction of sp³-hybridized carbons (Fsp3) is 0.769. The zero-order chi connectivity index (χ0) is 19.4. The van der Waals surface area contributed by atoms with E-state index in [0.717, 1.165) is 30.3 Å². The summed E-state index contributed by atoms with van der Waals surface area (Å²) >= 11 is 0. The Hall–Kier alpha value is -0.715. The molecule has 0 bridgehead atoms. The van der Waals surface area contributed by atoms with Gasteiger partial charge in [-0.1, -0.05) is 96.9 Å². The molecule has 1 fully saturated rings. The first-order valence-electron chi connectivity index (χ1n) is 12.2. The molecule has 27 heavy (non-hydrogen) atoms. The lowest BCUT2D eigenvalue weighted by Gasteiger charge is -2.29. The Balaban J connectivity index is 1.66. The van der Waals surface area contributed by atoms with Gasteiger partial charge in [-0.3, -0.25) is 0 Å². The summed E-state index contributed by atoms with van der Waals surface area (Å²) in [5, 5.41) is 0. The van der Waals surface area contributed by atoms with Crippen LogP contribution in [-0.4, -0.2) is 6.71 Å². The molecule has 1 saturated carbocycles. The highest BCUT2D eigenvalue weighted by atomic mass is 14.5. The van der Waals surface area contributed by atoms with E-state index in [2.05, 4.69) is 46.8 Å².